The molecule has 9 N–H and O–H groups in total. The topological polar surface area (TPSA) is 231 Å². The molecule has 4 atom stereocenters. The maximum absolute atomic E-state index is 12.6. The van der Waals surface area contributed by atoms with Crippen molar-refractivity contribution in [2.24, 2.45) is 17.4 Å². The Morgan fingerprint density at radius 1 is 0.875 bits per heavy atom. The minimum atomic E-state index is -1.67. The van der Waals surface area contributed by atoms with Crippen molar-refractivity contribution in [3.63, 3.8) is 0 Å². The number of carboxylic acids is 2. The molecule has 4 amide bonds. The molecule has 0 fully saturated rings. The van der Waals surface area contributed by atoms with Gasteiger partial charge in [0.1, 0.15) is 18.1 Å². The molecule has 13 nitrogen and oxygen atoms in total. The normalized spacial score (nSPS) is 14.5. The number of carbonyl (C=O) groups is 6. The van der Waals surface area contributed by atoms with Gasteiger partial charge >= 0.3 is 11.9 Å². The van der Waals surface area contributed by atoms with Gasteiger partial charge in [0.2, 0.25) is 23.6 Å². The van der Waals surface area contributed by atoms with Crippen LogP contribution in [0.15, 0.2) is 0 Å². The van der Waals surface area contributed by atoms with E-state index in [2.05, 4.69) is 16.0 Å². The fourth-order valence-electron chi connectivity index (χ4n) is 2.49. The summed E-state index contributed by atoms with van der Waals surface area (Å²) in [6.45, 7) is 3.06. The summed E-state index contributed by atoms with van der Waals surface area (Å²) in [7, 11) is 0. The highest BCUT2D eigenvalue weighted by atomic mass is 32.2. The van der Waals surface area contributed by atoms with Crippen LogP contribution < -0.4 is 27.4 Å². The lowest BCUT2D eigenvalue weighted by Gasteiger charge is -2.25. The summed E-state index contributed by atoms with van der Waals surface area (Å²) in [5, 5.41) is 24.9. The molecule has 0 rings (SSSR count). The number of carboxylic acid groups (broad SMARTS) is 2. The molecule has 0 bridgehead atoms. The lowest BCUT2D eigenvalue weighted by Crippen LogP contribution is -2.58. The predicted octanol–water partition coefficient (Wildman–Crippen LogP) is -2.39. The number of hydrogen-bond donors (Lipinski definition) is 7. The van der Waals surface area contributed by atoms with Crippen LogP contribution in [0, 0.1) is 5.92 Å². The van der Waals surface area contributed by atoms with E-state index in [4.69, 9.17) is 16.6 Å². The van der Waals surface area contributed by atoms with E-state index >= 15 is 0 Å². The number of carbonyl (C=O) groups excluding carboxylic acids is 4. The van der Waals surface area contributed by atoms with Gasteiger partial charge in [-0.1, -0.05) is 13.8 Å². The molecule has 0 heterocycles. The summed E-state index contributed by atoms with van der Waals surface area (Å²) in [5.74, 6) is -6.51. The van der Waals surface area contributed by atoms with E-state index in [-0.39, 0.29) is 0 Å². The van der Waals surface area contributed by atoms with E-state index in [1.807, 2.05) is 6.26 Å². The number of nitrogens with one attached hydrogen (secondary N) is 3. The number of thioether (sulfide) groups is 1. The molecule has 0 aromatic heterocycles. The average Bonchev–Trinajstić information content (AvgIpc) is 2.67. The van der Waals surface area contributed by atoms with Crippen molar-refractivity contribution in [3.05, 3.63) is 0 Å². The van der Waals surface area contributed by atoms with Crippen molar-refractivity contribution in [2.45, 2.75) is 57.3 Å². The average molecular weight is 478 g/mol. The van der Waals surface area contributed by atoms with Gasteiger partial charge in [-0.25, -0.2) is 4.79 Å². The highest BCUT2D eigenvalue weighted by molar-refractivity contribution is 7.98. The Labute approximate surface area is 189 Å². The van der Waals surface area contributed by atoms with E-state index in [0.717, 1.165) is 0 Å². The third kappa shape index (κ3) is 10.9. The fourth-order valence-corrected chi connectivity index (χ4v) is 2.98. The third-order valence-electron chi connectivity index (χ3n) is 4.25. The lowest BCUT2D eigenvalue weighted by atomic mass is 10.0. The predicted molar refractivity (Wildman–Crippen MR) is 115 cm³/mol. The van der Waals surface area contributed by atoms with Crippen LogP contribution in [-0.2, 0) is 28.8 Å². The standard InChI is InChI=1S/C18H31N5O8S/c1-8(2)14(18(30)31)23-17(29)11(7-13(25)26)22-16(28)10(6-12(20)24)21-15(27)9(19)4-5-32-3/h8-11,14H,4-7,19H2,1-3H3,(H2,20,24)(H,21,27)(H,22,28)(H,23,29)(H,25,26)(H,30,31). The number of rotatable bonds is 15. The lowest BCUT2D eigenvalue weighted by molar-refractivity contribution is -0.144. The minimum Gasteiger partial charge on any atom is -0.481 e. The van der Waals surface area contributed by atoms with E-state index in [9.17, 15) is 33.9 Å². The molecule has 14 heteroatoms. The van der Waals surface area contributed by atoms with E-state index in [1.165, 1.54) is 25.6 Å². The highest BCUT2D eigenvalue weighted by Gasteiger charge is 2.33. The maximum atomic E-state index is 12.6. The number of primary amides is 1. The first-order chi connectivity index (χ1) is 14.8. The molecule has 0 radical (unpaired) electrons. The second-order valence-corrected chi connectivity index (χ2v) is 8.33. The zero-order valence-electron chi connectivity index (χ0n) is 18.1. The molecule has 0 aliphatic carbocycles. The Kier molecular flexibility index (Phi) is 13.0. The summed E-state index contributed by atoms with van der Waals surface area (Å²) in [6.07, 6.45) is 0.619. The number of hydrogen-bond acceptors (Lipinski definition) is 8. The van der Waals surface area contributed by atoms with E-state index in [0.29, 0.717) is 12.2 Å². The summed E-state index contributed by atoms with van der Waals surface area (Å²) in [4.78, 5) is 71.1. The van der Waals surface area contributed by atoms with Gasteiger partial charge in [-0.2, -0.15) is 11.8 Å². The van der Waals surface area contributed by atoms with Crippen molar-refractivity contribution < 1.29 is 39.0 Å². The largest absolute Gasteiger partial charge is 0.481 e. The van der Waals surface area contributed by atoms with Crippen LogP contribution in [0.5, 0.6) is 0 Å². The van der Waals surface area contributed by atoms with Crippen molar-refractivity contribution in [3.8, 4) is 0 Å². The van der Waals surface area contributed by atoms with Gasteiger partial charge in [0.05, 0.1) is 18.9 Å². The van der Waals surface area contributed by atoms with Crippen molar-refractivity contribution >= 4 is 47.3 Å². The van der Waals surface area contributed by atoms with E-state index in [1.54, 1.807) is 0 Å². The number of nitrogens with two attached hydrogens (primary N) is 2. The van der Waals surface area contributed by atoms with Crippen molar-refractivity contribution in [1.82, 2.24) is 16.0 Å². The second kappa shape index (κ2) is 14.2. The molecule has 0 aromatic carbocycles. The van der Waals surface area contributed by atoms with Crippen molar-refractivity contribution in [2.75, 3.05) is 12.0 Å². The smallest absolute Gasteiger partial charge is 0.326 e. The van der Waals surface area contributed by atoms with Gasteiger partial charge in [0.25, 0.3) is 0 Å². The fraction of sp³-hybridized carbons (Fsp3) is 0.667. The van der Waals surface area contributed by atoms with Gasteiger partial charge in [-0.15, -0.1) is 0 Å². The van der Waals surface area contributed by atoms with Crippen LogP contribution >= 0.6 is 11.8 Å². The zero-order valence-corrected chi connectivity index (χ0v) is 18.9. The molecule has 0 aromatic rings. The Morgan fingerprint density at radius 2 is 1.38 bits per heavy atom. The van der Waals surface area contributed by atoms with Crippen LogP contribution in [0.4, 0.5) is 0 Å². The summed E-state index contributed by atoms with van der Waals surface area (Å²) < 4.78 is 0. The summed E-state index contributed by atoms with van der Waals surface area (Å²) >= 11 is 1.45. The summed E-state index contributed by atoms with van der Waals surface area (Å²) in [5.41, 5.74) is 10.9. The molecule has 0 spiro atoms. The van der Waals surface area contributed by atoms with Crippen molar-refractivity contribution in [1.29, 1.82) is 0 Å². The first-order valence-electron chi connectivity index (χ1n) is 9.68. The molecular formula is C18H31N5O8S. The van der Waals surface area contributed by atoms with Crippen LogP contribution in [0.1, 0.15) is 33.1 Å². The molecule has 0 saturated carbocycles. The molecule has 182 valence electrons. The quantitative estimate of drug-likeness (QED) is 0.132. The number of amides is 4. The van der Waals surface area contributed by atoms with Crippen LogP contribution in [0.2, 0.25) is 0 Å². The highest BCUT2D eigenvalue weighted by Crippen LogP contribution is 2.05. The zero-order chi connectivity index (χ0) is 25.0. The summed E-state index contributed by atoms with van der Waals surface area (Å²) in [6, 6.07) is -5.47. The molecular weight excluding hydrogens is 446 g/mol. The van der Waals surface area contributed by atoms with Crippen LogP contribution in [0.25, 0.3) is 0 Å². The van der Waals surface area contributed by atoms with Gasteiger partial charge < -0.3 is 37.6 Å². The SMILES string of the molecule is CSCCC(N)C(=O)NC(CC(N)=O)C(=O)NC(CC(=O)O)C(=O)NC(C(=O)O)C(C)C. The first-order valence-corrected chi connectivity index (χ1v) is 11.1. The Bertz CT molecular complexity index is 717. The Morgan fingerprint density at radius 3 is 1.81 bits per heavy atom. The monoisotopic (exact) mass is 477 g/mol. The van der Waals surface area contributed by atoms with Gasteiger partial charge in [0.15, 0.2) is 0 Å². The van der Waals surface area contributed by atoms with E-state index < -0.39 is 78.5 Å². The maximum Gasteiger partial charge on any atom is 0.326 e. The van der Waals surface area contributed by atoms with Gasteiger partial charge in [-0.05, 0) is 24.3 Å². The minimum absolute atomic E-state index is 0.299. The van der Waals surface area contributed by atoms with Crippen LogP contribution in [0.3, 0.4) is 0 Å². The van der Waals surface area contributed by atoms with Gasteiger partial charge in [0, 0.05) is 0 Å². The number of aliphatic carboxylic acids is 2. The Balaban J connectivity index is 5.49. The second-order valence-electron chi connectivity index (χ2n) is 7.35. The third-order valence-corrected chi connectivity index (χ3v) is 4.89. The molecule has 0 aliphatic heterocycles. The van der Waals surface area contributed by atoms with Gasteiger partial charge in [-0.3, -0.25) is 24.0 Å². The molecule has 32 heavy (non-hydrogen) atoms. The molecule has 4 unspecified atom stereocenters. The Hall–Kier alpha value is -2.87. The van der Waals surface area contributed by atoms with Crippen LogP contribution in [-0.4, -0.2) is 82.0 Å². The molecule has 0 saturated heterocycles. The first kappa shape index (κ1) is 29.1. The molecule has 0 aliphatic rings.